The van der Waals surface area contributed by atoms with E-state index in [1.807, 2.05) is 30.3 Å². The lowest BCUT2D eigenvalue weighted by molar-refractivity contribution is -0.117. The minimum atomic E-state index is -0.244. The molecule has 3 rings (SSSR count). The molecular weight excluding hydrogens is 364 g/mol. The van der Waals surface area contributed by atoms with Crippen molar-refractivity contribution in [2.45, 2.75) is 18.2 Å². The number of hydrazone groups is 1. The quantitative estimate of drug-likeness (QED) is 0.778. The molecule has 1 aliphatic heterocycles. The molecule has 0 fully saturated rings. The van der Waals surface area contributed by atoms with Crippen LogP contribution in [0, 0.1) is 0 Å². The van der Waals surface area contributed by atoms with Crippen LogP contribution in [-0.2, 0) is 14.4 Å². The predicted octanol–water partition coefficient (Wildman–Crippen LogP) is 2.60. The van der Waals surface area contributed by atoms with E-state index in [4.69, 9.17) is 0 Å². The number of benzene rings is 2. The molecule has 3 amide bonds. The summed E-state index contributed by atoms with van der Waals surface area (Å²) < 4.78 is 0. The van der Waals surface area contributed by atoms with Crippen molar-refractivity contribution in [2.75, 3.05) is 16.1 Å². The monoisotopic (exact) mass is 382 g/mol. The average Bonchev–Trinajstić information content (AvgIpc) is 3.00. The van der Waals surface area contributed by atoms with Gasteiger partial charge in [0.2, 0.25) is 11.8 Å². The fourth-order valence-electron chi connectivity index (χ4n) is 2.48. The molecule has 7 nitrogen and oxygen atoms in total. The van der Waals surface area contributed by atoms with Crippen LogP contribution in [0.3, 0.4) is 0 Å². The molecule has 0 bridgehead atoms. The fraction of sp³-hybridized carbons (Fsp3) is 0.158. The molecule has 27 heavy (non-hydrogen) atoms. The molecule has 0 atom stereocenters. The third-order valence-corrected chi connectivity index (χ3v) is 4.58. The molecule has 0 aromatic heterocycles. The van der Waals surface area contributed by atoms with Crippen LogP contribution in [0.2, 0.25) is 0 Å². The molecule has 1 aliphatic rings. The van der Waals surface area contributed by atoms with Crippen LogP contribution in [0.15, 0.2) is 64.6 Å². The van der Waals surface area contributed by atoms with Gasteiger partial charge < -0.3 is 10.6 Å². The van der Waals surface area contributed by atoms with Gasteiger partial charge in [-0.25, -0.2) is 0 Å². The van der Waals surface area contributed by atoms with Crippen LogP contribution < -0.4 is 15.6 Å². The molecule has 2 aromatic carbocycles. The van der Waals surface area contributed by atoms with E-state index in [0.29, 0.717) is 17.2 Å². The van der Waals surface area contributed by atoms with Crippen LogP contribution >= 0.6 is 11.8 Å². The Labute approximate surface area is 160 Å². The highest BCUT2D eigenvalue weighted by atomic mass is 32.2. The maximum Gasteiger partial charge on any atom is 0.255 e. The molecule has 0 aliphatic carbocycles. The summed E-state index contributed by atoms with van der Waals surface area (Å²) in [4.78, 5) is 36.2. The number of nitrogens with one attached hydrogen (secondary N) is 2. The van der Waals surface area contributed by atoms with E-state index in [1.54, 1.807) is 24.3 Å². The maximum atomic E-state index is 12.2. The first-order valence-electron chi connectivity index (χ1n) is 8.27. The third kappa shape index (κ3) is 5.18. The maximum absolute atomic E-state index is 12.2. The van der Waals surface area contributed by atoms with Gasteiger partial charge in [0.05, 0.1) is 17.9 Å². The second-order valence-corrected chi connectivity index (χ2v) is 6.86. The summed E-state index contributed by atoms with van der Waals surface area (Å²) in [7, 11) is 0. The highest BCUT2D eigenvalue weighted by Crippen LogP contribution is 2.22. The van der Waals surface area contributed by atoms with Gasteiger partial charge in [-0.05, 0) is 30.3 Å². The number of carbonyl (C=O) groups excluding carboxylic acids is 3. The third-order valence-electron chi connectivity index (χ3n) is 3.58. The molecule has 0 unspecified atom stereocenters. The Morgan fingerprint density at radius 3 is 2.63 bits per heavy atom. The number of hydrogen-bond donors (Lipinski definition) is 2. The zero-order chi connectivity index (χ0) is 19.2. The van der Waals surface area contributed by atoms with E-state index in [-0.39, 0.29) is 29.9 Å². The number of rotatable bonds is 5. The lowest BCUT2D eigenvalue weighted by atomic mass is 10.3. The van der Waals surface area contributed by atoms with E-state index < -0.39 is 0 Å². The Balaban J connectivity index is 1.55. The highest BCUT2D eigenvalue weighted by molar-refractivity contribution is 8.00. The van der Waals surface area contributed by atoms with Crippen molar-refractivity contribution in [2.24, 2.45) is 5.10 Å². The number of carbonyl (C=O) groups is 3. The number of amidine groups is 1. The largest absolute Gasteiger partial charge is 0.326 e. The van der Waals surface area contributed by atoms with Crippen molar-refractivity contribution < 1.29 is 14.4 Å². The van der Waals surface area contributed by atoms with Crippen molar-refractivity contribution in [3.8, 4) is 0 Å². The van der Waals surface area contributed by atoms with Crippen LogP contribution in [0.1, 0.15) is 13.3 Å². The molecule has 2 aromatic rings. The van der Waals surface area contributed by atoms with Gasteiger partial charge in [0.1, 0.15) is 5.84 Å². The zero-order valence-corrected chi connectivity index (χ0v) is 15.5. The normalized spacial score (nSPS) is 13.3. The highest BCUT2D eigenvalue weighted by Gasteiger charge is 2.26. The first-order chi connectivity index (χ1) is 13.0. The predicted molar refractivity (Wildman–Crippen MR) is 106 cm³/mol. The van der Waals surface area contributed by atoms with Gasteiger partial charge in [0, 0.05) is 17.5 Å². The molecule has 0 saturated carbocycles. The van der Waals surface area contributed by atoms with Crippen molar-refractivity contribution in [1.29, 1.82) is 0 Å². The number of anilines is 2. The first-order valence-corrected chi connectivity index (χ1v) is 9.25. The topological polar surface area (TPSA) is 90.9 Å². The summed E-state index contributed by atoms with van der Waals surface area (Å²) in [5.74, 6) is -0.0796. The molecule has 2 N–H and O–H groups in total. The Morgan fingerprint density at radius 1 is 1.11 bits per heavy atom. The SMILES string of the molecule is CC(=O)Nc1cccc(SCC(=O)NC2=NN(c3ccccc3)C(=O)C2)c1. The number of para-hydroxylation sites is 1. The Kier molecular flexibility index (Phi) is 5.87. The smallest absolute Gasteiger partial charge is 0.255 e. The zero-order valence-electron chi connectivity index (χ0n) is 14.6. The van der Waals surface area contributed by atoms with Gasteiger partial charge in [-0.1, -0.05) is 24.3 Å². The van der Waals surface area contributed by atoms with Crippen LogP contribution in [0.4, 0.5) is 11.4 Å². The lowest BCUT2D eigenvalue weighted by Gasteiger charge is -2.10. The minimum absolute atomic E-state index is 0.0588. The van der Waals surface area contributed by atoms with Gasteiger partial charge >= 0.3 is 0 Å². The molecule has 1 heterocycles. The van der Waals surface area contributed by atoms with E-state index in [2.05, 4.69) is 15.7 Å². The summed E-state index contributed by atoms with van der Waals surface area (Å²) in [6.07, 6.45) is 0.0588. The summed E-state index contributed by atoms with van der Waals surface area (Å²) in [5.41, 5.74) is 1.34. The van der Waals surface area contributed by atoms with Gasteiger partial charge in [-0.2, -0.15) is 10.1 Å². The van der Waals surface area contributed by atoms with Gasteiger partial charge in [0.15, 0.2) is 0 Å². The number of thioether (sulfide) groups is 1. The summed E-state index contributed by atoms with van der Waals surface area (Å²) in [5, 5.41) is 10.9. The van der Waals surface area contributed by atoms with Crippen molar-refractivity contribution in [3.63, 3.8) is 0 Å². The van der Waals surface area contributed by atoms with Gasteiger partial charge in [-0.15, -0.1) is 11.8 Å². The summed E-state index contributed by atoms with van der Waals surface area (Å²) in [6, 6.07) is 16.3. The van der Waals surface area contributed by atoms with Gasteiger partial charge in [-0.3, -0.25) is 14.4 Å². The van der Waals surface area contributed by atoms with E-state index >= 15 is 0 Å². The number of hydrogen-bond acceptors (Lipinski definition) is 5. The van der Waals surface area contributed by atoms with Crippen molar-refractivity contribution >= 4 is 46.7 Å². The van der Waals surface area contributed by atoms with Crippen LogP contribution in [-0.4, -0.2) is 29.3 Å². The van der Waals surface area contributed by atoms with E-state index in [9.17, 15) is 14.4 Å². The number of amides is 3. The fourth-order valence-corrected chi connectivity index (χ4v) is 3.24. The Hall–Kier alpha value is -3.13. The number of nitrogens with zero attached hydrogens (tertiary/aromatic N) is 2. The van der Waals surface area contributed by atoms with Crippen LogP contribution in [0.5, 0.6) is 0 Å². The second-order valence-electron chi connectivity index (χ2n) is 5.81. The standard InChI is InChI=1S/C19H18N4O3S/c1-13(24)20-14-6-5-9-16(10-14)27-12-18(25)21-17-11-19(26)23(22-17)15-7-3-2-4-8-15/h2-10H,11-12H2,1H3,(H,20,24)(H,21,22,25). The second kappa shape index (κ2) is 8.50. The molecule has 138 valence electrons. The lowest BCUT2D eigenvalue weighted by Crippen LogP contribution is -2.31. The average molecular weight is 382 g/mol. The minimum Gasteiger partial charge on any atom is -0.326 e. The molecule has 0 spiro atoms. The molecule has 0 radical (unpaired) electrons. The first kappa shape index (κ1) is 18.7. The van der Waals surface area contributed by atoms with E-state index in [0.717, 1.165) is 4.90 Å². The van der Waals surface area contributed by atoms with Crippen LogP contribution in [0.25, 0.3) is 0 Å². The summed E-state index contributed by atoms with van der Waals surface area (Å²) >= 11 is 1.33. The Bertz CT molecular complexity index is 899. The molecule has 8 heteroatoms. The van der Waals surface area contributed by atoms with E-state index in [1.165, 1.54) is 23.7 Å². The van der Waals surface area contributed by atoms with Crippen molar-refractivity contribution in [1.82, 2.24) is 5.32 Å². The van der Waals surface area contributed by atoms with Gasteiger partial charge in [0.25, 0.3) is 5.91 Å². The molecule has 0 saturated heterocycles. The van der Waals surface area contributed by atoms with Crippen molar-refractivity contribution in [3.05, 3.63) is 54.6 Å². The summed E-state index contributed by atoms with van der Waals surface area (Å²) in [6.45, 7) is 1.44. The molecular formula is C19H18N4O3S. The Morgan fingerprint density at radius 2 is 1.89 bits per heavy atom.